The SMILES string of the molecule is C=C=C(Nc1cccc(C2CCCN(c3ncnc4[nH]ccc34)C2)c1)Nc1ccccc1N1CCCC1. The Morgan fingerprint density at radius 1 is 0.946 bits per heavy atom. The molecule has 2 aliphatic heterocycles. The van der Waals surface area contributed by atoms with E-state index in [1.807, 2.05) is 6.20 Å². The molecule has 2 aromatic heterocycles. The van der Waals surface area contributed by atoms with Gasteiger partial charge in [-0.3, -0.25) is 0 Å². The lowest BCUT2D eigenvalue weighted by atomic mass is 9.90. The second-order valence-corrected chi connectivity index (χ2v) is 9.86. The number of aromatic nitrogens is 3. The van der Waals surface area contributed by atoms with E-state index in [2.05, 4.69) is 102 Å². The number of hydrogen-bond donors (Lipinski definition) is 3. The van der Waals surface area contributed by atoms with Crippen molar-refractivity contribution in [2.45, 2.75) is 31.6 Å². The summed E-state index contributed by atoms with van der Waals surface area (Å²) in [6.45, 7) is 8.08. The van der Waals surface area contributed by atoms with Gasteiger partial charge in [0.1, 0.15) is 17.8 Å². The molecular weight excluding hydrogens is 458 g/mol. The van der Waals surface area contributed by atoms with Crippen molar-refractivity contribution in [1.82, 2.24) is 15.0 Å². The summed E-state index contributed by atoms with van der Waals surface area (Å²) in [4.78, 5) is 17.0. The van der Waals surface area contributed by atoms with Gasteiger partial charge in [0.25, 0.3) is 0 Å². The molecule has 0 amide bonds. The third-order valence-corrected chi connectivity index (χ3v) is 7.47. The van der Waals surface area contributed by atoms with Gasteiger partial charge in [-0.2, -0.15) is 0 Å². The van der Waals surface area contributed by atoms with Crippen molar-refractivity contribution in [3.8, 4) is 0 Å². The van der Waals surface area contributed by atoms with Gasteiger partial charge in [0.2, 0.25) is 0 Å². The second-order valence-electron chi connectivity index (χ2n) is 9.86. The summed E-state index contributed by atoms with van der Waals surface area (Å²) in [5.74, 6) is 2.20. The molecule has 188 valence electrons. The molecule has 0 aliphatic carbocycles. The van der Waals surface area contributed by atoms with E-state index < -0.39 is 0 Å². The highest BCUT2D eigenvalue weighted by atomic mass is 15.2. The molecule has 2 aromatic carbocycles. The number of para-hydroxylation sites is 2. The maximum atomic E-state index is 4.63. The number of nitrogens with zero attached hydrogens (tertiary/aromatic N) is 4. The van der Waals surface area contributed by atoms with Crippen molar-refractivity contribution in [1.29, 1.82) is 0 Å². The quantitative estimate of drug-likeness (QED) is 0.272. The molecule has 4 heterocycles. The smallest absolute Gasteiger partial charge is 0.152 e. The highest BCUT2D eigenvalue weighted by molar-refractivity contribution is 5.87. The number of hydrogen-bond acceptors (Lipinski definition) is 6. The topological polar surface area (TPSA) is 72.1 Å². The first-order valence-corrected chi connectivity index (χ1v) is 13.2. The fourth-order valence-corrected chi connectivity index (χ4v) is 5.63. The van der Waals surface area contributed by atoms with Crippen molar-refractivity contribution in [2.24, 2.45) is 0 Å². The normalized spacial score (nSPS) is 17.6. The molecule has 7 nitrogen and oxygen atoms in total. The zero-order valence-electron chi connectivity index (χ0n) is 21.1. The maximum Gasteiger partial charge on any atom is 0.152 e. The standard InChI is InChI=1S/C30H33N7/c1-2-28(35-26-12-3-4-13-27(26)36-16-5-6-17-36)34-24-11-7-9-22(19-24)23-10-8-18-37(20-23)30-25-14-15-31-29(25)32-21-33-30/h3-4,7,9,11-15,19,21,23,34-35H,1,5-6,8,10,16-18,20H2,(H,31,32,33). The number of H-pyrrole nitrogens is 1. The summed E-state index contributed by atoms with van der Waals surface area (Å²) in [7, 11) is 0. The van der Waals surface area contributed by atoms with Crippen LogP contribution in [0.2, 0.25) is 0 Å². The first-order valence-electron chi connectivity index (χ1n) is 13.2. The molecule has 2 fully saturated rings. The molecule has 1 unspecified atom stereocenters. The fourth-order valence-electron chi connectivity index (χ4n) is 5.63. The largest absolute Gasteiger partial charge is 0.370 e. The van der Waals surface area contributed by atoms with Crippen molar-refractivity contribution < 1.29 is 0 Å². The van der Waals surface area contributed by atoms with Gasteiger partial charge in [-0.25, -0.2) is 9.97 Å². The highest BCUT2D eigenvalue weighted by Crippen LogP contribution is 2.33. The van der Waals surface area contributed by atoms with Crippen molar-refractivity contribution in [3.05, 3.63) is 90.8 Å². The van der Waals surface area contributed by atoms with E-state index in [1.165, 1.54) is 24.1 Å². The average molecular weight is 492 g/mol. The Morgan fingerprint density at radius 2 is 1.81 bits per heavy atom. The predicted octanol–water partition coefficient (Wildman–Crippen LogP) is 6.09. The van der Waals surface area contributed by atoms with Crippen LogP contribution in [0.25, 0.3) is 11.0 Å². The molecule has 3 N–H and O–H groups in total. The molecule has 7 heteroatoms. The lowest BCUT2D eigenvalue weighted by Crippen LogP contribution is -2.35. The summed E-state index contributed by atoms with van der Waals surface area (Å²) in [6, 6.07) is 19.3. The first kappa shape index (κ1) is 23.2. The van der Waals surface area contributed by atoms with E-state index in [0.29, 0.717) is 5.92 Å². The Balaban J connectivity index is 1.18. The molecule has 6 rings (SSSR count). The number of benzene rings is 2. The van der Waals surface area contributed by atoms with Gasteiger partial charge in [0, 0.05) is 44.0 Å². The summed E-state index contributed by atoms with van der Waals surface area (Å²) in [5.41, 5.74) is 8.61. The predicted molar refractivity (Wildman–Crippen MR) is 152 cm³/mol. The van der Waals surface area contributed by atoms with Gasteiger partial charge < -0.3 is 25.4 Å². The van der Waals surface area contributed by atoms with Crippen LogP contribution in [-0.2, 0) is 0 Å². The van der Waals surface area contributed by atoms with Crippen molar-refractivity contribution >= 4 is 33.9 Å². The van der Waals surface area contributed by atoms with Crippen LogP contribution in [0.4, 0.5) is 22.9 Å². The van der Waals surface area contributed by atoms with E-state index in [4.69, 9.17) is 0 Å². The number of piperidine rings is 1. The van der Waals surface area contributed by atoms with Crippen LogP contribution in [-0.4, -0.2) is 41.1 Å². The van der Waals surface area contributed by atoms with Crippen LogP contribution in [0.3, 0.4) is 0 Å². The van der Waals surface area contributed by atoms with Crippen LogP contribution in [0.15, 0.2) is 85.3 Å². The van der Waals surface area contributed by atoms with E-state index in [9.17, 15) is 0 Å². The van der Waals surface area contributed by atoms with Gasteiger partial charge >= 0.3 is 0 Å². The maximum absolute atomic E-state index is 4.63. The summed E-state index contributed by atoms with van der Waals surface area (Å²) >= 11 is 0. The molecular formula is C30H33N7. The summed E-state index contributed by atoms with van der Waals surface area (Å²) < 4.78 is 0. The molecule has 2 saturated heterocycles. The van der Waals surface area contributed by atoms with Crippen LogP contribution >= 0.6 is 0 Å². The van der Waals surface area contributed by atoms with Crippen molar-refractivity contribution in [3.63, 3.8) is 0 Å². The van der Waals surface area contributed by atoms with Crippen LogP contribution in [0.1, 0.15) is 37.2 Å². The molecule has 0 bridgehead atoms. The van der Waals surface area contributed by atoms with Gasteiger partial charge in [0.05, 0.1) is 16.8 Å². The Labute approximate surface area is 217 Å². The van der Waals surface area contributed by atoms with Gasteiger partial charge in [-0.15, -0.1) is 0 Å². The summed E-state index contributed by atoms with van der Waals surface area (Å²) in [5, 5.41) is 8.13. The molecule has 1 atom stereocenters. The van der Waals surface area contributed by atoms with E-state index in [-0.39, 0.29) is 0 Å². The first-order chi connectivity index (χ1) is 18.3. The van der Waals surface area contributed by atoms with Crippen LogP contribution in [0.5, 0.6) is 0 Å². The zero-order valence-corrected chi connectivity index (χ0v) is 21.1. The molecule has 4 aromatic rings. The lowest BCUT2D eigenvalue weighted by molar-refractivity contribution is 0.508. The number of anilines is 4. The second kappa shape index (κ2) is 10.4. The molecule has 0 radical (unpaired) electrons. The Morgan fingerprint density at radius 3 is 2.70 bits per heavy atom. The monoisotopic (exact) mass is 491 g/mol. The minimum atomic E-state index is 0.430. The number of nitrogens with one attached hydrogen (secondary N) is 3. The van der Waals surface area contributed by atoms with E-state index in [0.717, 1.165) is 73.1 Å². The van der Waals surface area contributed by atoms with Gasteiger partial charge in [-0.05, 0) is 61.6 Å². The molecule has 37 heavy (non-hydrogen) atoms. The highest BCUT2D eigenvalue weighted by Gasteiger charge is 2.24. The third-order valence-electron chi connectivity index (χ3n) is 7.47. The average Bonchev–Trinajstić information content (AvgIpc) is 3.66. The Hall–Kier alpha value is -4.22. The van der Waals surface area contributed by atoms with Gasteiger partial charge in [-0.1, -0.05) is 36.6 Å². The van der Waals surface area contributed by atoms with Crippen LogP contribution < -0.4 is 20.4 Å². The third kappa shape index (κ3) is 4.91. The van der Waals surface area contributed by atoms with Crippen LogP contribution in [0, 0.1) is 0 Å². The molecule has 0 saturated carbocycles. The minimum Gasteiger partial charge on any atom is -0.370 e. The van der Waals surface area contributed by atoms with Crippen molar-refractivity contribution in [2.75, 3.05) is 46.6 Å². The number of rotatable bonds is 7. The summed E-state index contributed by atoms with van der Waals surface area (Å²) in [6.07, 6.45) is 8.37. The molecule has 0 spiro atoms. The Kier molecular flexibility index (Phi) is 6.53. The fraction of sp³-hybridized carbons (Fsp3) is 0.300. The number of aromatic amines is 1. The lowest BCUT2D eigenvalue weighted by Gasteiger charge is -2.34. The molecule has 2 aliphatic rings. The van der Waals surface area contributed by atoms with Gasteiger partial charge in [0.15, 0.2) is 5.82 Å². The Bertz CT molecular complexity index is 1430. The van der Waals surface area contributed by atoms with E-state index >= 15 is 0 Å². The number of fused-ring (bicyclic) bond motifs is 1. The van der Waals surface area contributed by atoms with E-state index in [1.54, 1.807) is 6.33 Å². The minimum absolute atomic E-state index is 0.430. The zero-order chi connectivity index (χ0) is 25.0.